The highest BCUT2D eigenvalue weighted by molar-refractivity contribution is 7.92. The van der Waals surface area contributed by atoms with Crippen LogP contribution in [0.15, 0.2) is 57.1 Å². The van der Waals surface area contributed by atoms with Gasteiger partial charge in [0.15, 0.2) is 0 Å². The van der Waals surface area contributed by atoms with E-state index in [1.54, 1.807) is 35.3 Å². The third-order valence-electron chi connectivity index (χ3n) is 5.24. The van der Waals surface area contributed by atoms with Gasteiger partial charge in [0.05, 0.1) is 12.6 Å². The number of benzene rings is 1. The highest BCUT2D eigenvalue weighted by atomic mass is 32.2. The Labute approximate surface area is 196 Å². The van der Waals surface area contributed by atoms with Gasteiger partial charge in [-0.1, -0.05) is 35.5 Å². The van der Waals surface area contributed by atoms with Crippen LogP contribution < -0.4 is 4.72 Å². The minimum absolute atomic E-state index is 0.246. The van der Waals surface area contributed by atoms with Crippen LogP contribution in [-0.4, -0.2) is 66.5 Å². The van der Waals surface area contributed by atoms with Crippen LogP contribution in [0.4, 0.5) is 0 Å². The summed E-state index contributed by atoms with van der Waals surface area (Å²) in [4.78, 5) is 21.0. The molecule has 1 aliphatic heterocycles. The lowest BCUT2D eigenvalue weighted by Crippen LogP contribution is -2.53. The lowest BCUT2D eigenvalue weighted by molar-refractivity contribution is -0.134. The molecular weight excluding hydrogens is 462 g/mol. The van der Waals surface area contributed by atoms with E-state index in [0.29, 0.717) is 44.4 Å². The van der Waals surface area contributed by atoms with Gasteiger partial charge in [0.1, 0.15) is 0 Å². The van der Waals surface area contributed by atoms with Crippen molar-refractivity contribution < 1.29 is 17.7 Å². The van der Waals surface area contributed by atoms with Crippen LogP contribution >= 0.6 is 11.3 Å². The maximum absolute atomic E-state index is 12.8. The lowest BCUT2D eigenvalue weighted by Gasteiger charge is -2.35. The number of rotatable bonds is 8. The molecule has 4 rings (SSSR count). The second kappa shape index (κ2) is 10.4. The number of nitrogens with one attached hydrogen (secondary N) is 1. The normalized spacial score (nSPS) is 16.3. The van der Waals surface area contributed by atoms with Gasteiger partial charge in [-0.05, 0) is 30.0 Å². The lowest BCUT2D eigenvalue weighted by atomic mass is 10.2. The average Bonchev–Trinajstić information content (AvgIpc) is 3.50. The number of nitrogens with zero attached hydrogens (tertiary/aromatic N) is 4. The third kappa shape index (κ3) is 6.35. The molecular formula is C22H25N5O4S2. The molecule has 2 aromatic heterocycles. The molecule has 1 atom stereocenters. The number of sulfonamides is 1. The van der Waals surface area contributed by atoms with Crippen LogP contribution in [-0.2, 0) is 21.4 Å². The second-order valence-electron chi connectivity index (χ2n) is 7.72. The third-order valence-corrected chi connectivity index (χ3v) is 7.10. The number of amides is 1. The van der Waals surface area contributed by atoms with Gasteiger partial charge in [-0.3, -0.25) is 9.69 Å². The van der Waals surface area contributed by atoms with Crippen molar-refractivity contribution in [2.24, 2.45) is 0 Å². The van der Waals surface area contributed by atoms with Crippen molar-refractivity contribution in [2.45, 2.75) is 19.5 Å². The average molecular weight is 488 g/mol. The molecule has 3 heterocycles. The van der Waals surface area contributed by atoms with Gasteiger partial charge in [-0.15, -0.1) is 0 Å². The molecule has 0 aliphatic carbocycles. The smallest absolute Gasteiger partial charge is 0.241 e. The minimum Gasteiger partial charge on any atom is -0.339 e. The first-order valence-corrected chi connectivity index (χ1v) is 13.0. The molecule has 0 saturated carbocycles. The first-order valence-electron chi connectivity index (χ1n) is 10.5. The van der Waals surface area contributed by atoms with Gasteiger partial charge < -0.3 is 9.42 Å². The van der Waals surface area contributed by atoms with Crippen LogP contribution in [0.3, 0.4) is 0 Å². The van der Waals surface area contributed by atoms with Gasteiger partial charge in [0, 0.05) is 42.5 Å². The summed E-state index contributed by atoms with van der Waals surface area (Å²) in [5, 5.41) is 9.02. The van der Waals surface area contributed by atoms with Crippen molar-refractivity contribution >= 4 is 33.3 Å². The maximum atomic E-state index is 12.8. The van der Waals surface area contributed by atoms with E-state index in [1.807, 2.05) is 35.0 Å². The van der Waals surface area contributed by atoms with Crippen molar-refractivity contribution in [1.82, 2.24) is 24.7 Å². The van der Waals surface area contributed by atoms with Gasteiger partial charge >= 0.3 is 0 Å². The fraction of sp³-hybridized carbons (Fsp3) is 0.318. The fourth-order valence-corrected chi connectivity index (χ4v) is 5.13. The Morgan fingerprint density at radius 2 is 1.97 bits per heavy atom. The monoisotopic (exact) mass is 487 g/mol. The first-order chi connectivity index (χ1) is 15.9. The Morgan fingerprint density at radius 1 is 1.21 bits per heavy atom. The predicted molar refractivity (Wildman–Crippen MR) is 126 cm³/mol. The van der Waals surface area contributed by atoms with Crippen molar-refractivity contribution in [3.05, 3.63) is 64.0 Å². The molecule has 1 aromatic carbocycles. The van der Waals surface area contributed by atoms with E-state index in [-0.39, 0.29) is 5.91 Å². The summed E-state index contributed by atoms with van der Waals surface area (Å²) in [6.07, 6.45) is 1.50. The van der Waals surface area contributed by atoms with Gasteiger partial charge in [-0.2, -0.15) is 21.0 Å². The van der Waals surface area contributed by atoms with E-state index in [9.17, 15) is 13.2 Å². The van der Waals surface area contributed by atoms with E-state index in [0.717, 1.165) is 16.5 Å². The molecule has 0 radical (unpaired) electrons. The van der Waals surface area contributed by atoms with Crippen LogP contribution in [0.25, 0.3) is 17.5 Å². The highest BCUT2D eigenvalue weighted by Crippen LogP contribution is 2.19. The molecule has 9 nitrogen and oxygen atoms in total. The molecule has 3 aromatic rings. The summed E-state index contributed by atoms with van der Waals surface area (Å²) in [5.41, 5.74) is 1.70. The number of hydrogen-bond acceptors (Lipinski definition) is 8. The summed E-state index contributed by atoms with van der Waals surface area (Å²) in [6.45, 7) is 4.33. The number of thiophene rings is 1. The van der Waals surface area contributed by atoms with Crippen molar-refractivity contribution in [2.75, 3.05) is 26.2 Å². The van der Waals surface area contributed by atoms with E-state index >= 15 is 0 Å². The summed E-state index contributed by atoms with van der Waals surface area (Å²) in [6, 6.07) is 10.2. The zero-order valence-electron chi connectivity index (χ0n) is 18.1. The summed E-state index contributed by atoms with van der Waals surface area (Å²) in [5.74, 6) is 0.855. The topological polar surface area (TPSA) is 109 Å². The van der Waals surface area contributed by atoms with Crippen molar-refractivity contribution in [3.63, 3.8) is 0 Å². The SMILES string of the molecule is C[C@H](NS(=O)(=O)C=Cc1ccccc1)C(=O)N1CCN(Cc2nc(-c3ccsc3)no2)CC1. The molecule has 1 aliphatic rings. The van der Waals surface area contributed by atoms with E-state index in [2.05, 4.69) is 19.8 Å². The second-order valence-corrected chi connectivity index (χ2v) is 10.1. The Morgan fingerprint density at radius 3 is 2.67 bits per heavy atom. The Bertz CT molecular complexity index is 1180. The van der Waals surface area contributed by atoms with Crippen molar-refractivity contribution in [1.29, 1.82) is 0 Å². The predicted octanol–water partition coefficient (Wildman–Crippen LogP) is 2.42. The number of hydrogen-bond donors (Lipinski definition) is 1. The zero-order chi connectivity index (χ0) is 23.3. The van der Waals surface area contributed by atoms with Gasteiger partial charge in [-0.25, -0.2) is 8.42 Å². The zero-order valence-corrected chi connectivity index (χ0v) is 19.8. The number of piperazine rings is 1. The highest BCUT2D eigenvalue weighted by Gasteiger charge is 2.27. The Kier molecular flexibility index (Phi) is 7.33. The Hall–Kier alpha value is -2.86. The van der Waals surface area contributed by atoms with Gasteiger partial charge in [0.25, 0.3) is 0 Å². The molecule has 174 valence electrons. The Balaban J connectivity index is 1.26. The molecule has 0 unspecified atom stereocenters. The van der Waals surface area contributed by atoms with E-state index in [4.69, 9.17) is 4.52 Å². The molecule has 1 fully saturated rings. The molecule has 0 spiro atoms. The van der Waals surface area contributed by atoms with Crippen LogP contribution in [0.5, 0.6) is 0 Å². The van der Waals surface area contributed by atoms with Gasteiger partial charge in [0.2, 0.25) is 27.6 Å². The van der Waals surface area contributed by atoms with Crippen LogP contribution in [0.1, 0.15) is 18.4 Å². The maximum Gasteiger partial charge on any atom is 0.241 e. The quantitative estimate of drug-likeness (QED) is 0.520. The largest absolute Gasteiger partial charge is 0.339 e. The summed E-state index contributed by atoms with van der Waals surface area (Å²) in [7, 11) is -3.75. The summed E-state index contributed by atoms with van der Waals surface area (Å²) >= 11 is 1.57. The number of aromatic nitrogens is 2. The molecule has 0 bridgehead atoms. The summed E-state index contributed by atoms with van der Waals surface area (Å²) < 4.78 is 32.5. The molecule has 1 saturated heterocycles. The number of carbonyl (C=O) groups is 1. The molecule has 1 N–H and O–H groups in total. The minimum atomic E-state index is -3.75. The fourth-order valence-electron chi connectivity index (χ4n) is 3.49. The van der Waals surface area contributed by atoms with Crippen LogP contribution in [0, 0.1) is 0 Å². The molecule has 11 heteroatoms. The van der Waals surface area contributed by atoms with Crippen molar-refractivity contribution in [3.8, 4) is 11.4 Å². The van der Waals surface area contributed by atoms with E-state index < -0.39 is 16.1 Å². The first kappa shape index (κ1) is 23.3. The number of carbonyl (C=O) groups excluding carboxylic acids is 1. The van der Waals surface area contributed by atoms with E-state index in [1.165, 1.54) is 6.08 Å². The van der Waals surface area contributed by atoms with Crippen LogP contribution in [0.2, 0.25) is 0 Å². The standard InChI is InChI=1S/C22H25N5O4S2/c1-17(25-33(29,30)14-8-18-5-3-2-4-6-18)22(28)27-11-9-26(10-12-27)15-20-23-21(24-31-20)19-7-13-32-16-19/h2-8,13-14,16-17,25H,9-12,15H2,1H3/t17-/m0/s1. The molecule has 33 heavy (non-hydrogen) atoms. The molecule has 1 amide bonds.